The normalized spacial score (nSPS) is 12.8. The number of aromatic hydroxyl groups is 1. The lowest BCUT2D eigenvalue weighted by atomic mass is 10.0. The van der Waals surface area contributed by atoms with Gasteiger partial charge in [-0.15, -0.1) is 0 Å². The van der Waals surface area contributed by atoms with Gasteiger partial charge in [0.2, 0.25) is 0 Å². The summed E-state index contributed by atoms with van der Waals surface area (Å²) in [6.45, 7) is 3.97. The number of nitrogens with two attached hydrogens (primary N) is 1. The molecule has 1 atom stereocenters. The zero-order valence-electron chi connectivity index (χ0n) is 8.25. The number of aryl methyl sites for hydroxylation is 1. The molecule has 1 aromatic carbocycles. The van der Waals surface area contributed by atoms with Crippen molar-refractivity contribution >= 4 is 0 Å². The first-order valence-electron chi connectivity index (χ1n) is 4.70. The van der Waals surface area contributed by atoms with Crippen molar-refractivity contribution in [3.63, 3.8) is 0 Å². The van der Waals surface area contributed by atoms with Crippen molar-refractivity contribution in [3.05, 3.63) is 29.3 Å². The number of para-hydroxylation sites is 1. The van der Waals surface area contributed by atoms with Crippen LogP contribution in [0.2, 0.25) is 0 Å². The molecular weight excluding hydrogens is 162 g/mol. The van der Waals surface area contributed by atoms with Gasteiger partial charge >= 0.3 is 0 Å². The second-order valence-corrected chi connectivity index (χ2v) is 3.46. The van der Waals surface area contributed by atoms with Crippen LogP contribution in [0.15, 0.2) is 18.2 Å². The van der Waals surface area contributed by atoms with Crippen LogP contribution in [0.5, 0.6) is 5.75 Å². The highest BCUT2D eigenvalue weighted by molar-refractivity contribution is 5.40. The molecule has 13 heavy (non-hydrogen) atoms. The summed E-state index contributed by atoms with van der Waals surface area (Å²) in [6, 6.07) is 5.94. The molecule has 0 saturated heterocycles. The topological polar surface area (TPSA) is 46.2 Å². The van der Waals surface area contributed by atoms with Gasteiger partial charge in [-0.1, -0.05) is 25.1 Å². The predicted molar refractivity (Wildman–Crippen MR) is 54.8 cm³/mol. The van der Waals surface area contributed by atoms with Crippen molar-refractivity contribution in [2.75, 3.05) is 0 Å². The summed E-state index contributed by atoms with van der Waals surface area (Å²) >= 11 is 0. The molecular formula is C11H17NO. The minimum absolute atomic E-state index is 0.0954. The van der Waals surface area contributed by atoms with Gasteiger partial charge in [0, 0.05) is 6.04 Å². The zero-order chi connectivity index (χ0) is 9.84. The van der Waals surface area contributed by atoms with Crippen molar-refractivity contribution in [3.8, 4) is 5.75 Å². The molecule has 0 aliphatic rings. The van der Waals surface area contributed by atoms with Gasteiger partial charge in [0.05, 0.1) is 0 Å². The van der Waals surface area contributed by atoms with E-state index < -0.39 is 0 Å². The summed E-state index contributed by atoms with van der Waals surface area (Å²) in [5.41, 5.74) is 7.63. The van der Waals surface area contributed by atoms with Crippen LogP contribution in [0.1, 0.15) is 25.0 Å². The fourth-order valence-electron chi connectivity index (χ4n) is 1.44. The molecule has 3 N–H and O–H groups in total. The van der Waals surface area contributed by atoms with E-state index in [1.807, 2.05) is 32.0 Å². The molecule has 1 rings (SSSR count). The zero-order valence-corrected chi connectivity index (χ0v) is 8.25. The number of rotatable bonds is 3. The van der Waals surface area contributed by atoms with Gasteiger partial charge in [-0.3, -0.25) is 0 Å². The Kier molecular flexibility index (Phi) is 3.32. The van der Waals surface area contributed by atoms with Gasteiger partial charge in [-0.25, -0.2) is 0 Å². The minimum Gasteiger partial charge on any atom is -0.507 e. The monoisotopic (exact) mass is 179 g/mol. The molecule has 0 amide bonds. The smallest absolute Gasteiger partial charge is 0.121 e. The Morgan fingerprint density at radius 3 is 2.54 bits per heavy atom. The van der Waals surface area contributed by atoms with Crippen molar-refractivity contribution in [2.24, 2.45) is 5.73 Å². The number of hydrogen-bond donors (Lipinski definition) is 2. The van der Waals surface area contributed by atoms with Gasteiger partial charge in [0.15, 0.2) is 0 Å². The van der Waals surface area contributed by atoms with Crippen LogP contribution >= 0.6 is 0 Å². The standard InChI is InChI=1S/C11H17NO/c1-3-9-5-4-6-10(11(9)13)7-8(2)12/h4-6,8,13H,3,7,12H2,1-2H3/t8-/m1/s1. The van der Waals surface area contributed by atoms with Gasteiger partial charge in [0.25, 0.3) is 0 Å². The molecule has 72 valence electrons. The molecule has 2 heteroatoms. The minimum atomic E-state index is 0.0954. The van der Waals surface area contributed by atoms with E-state index in [1.165, 1.54) is 0 Å². The number of phenolic OH excluding ortho intramolecular Hbond substituents is 1. The highest BCUT2D eigenvalue weighted by Gasteiger charge is 2.06. The van der Waals surface area contributed by atoms with E-state index in [4.69, 9.17) is 5.73 Å². The quantitative estimate of drug-likeness (QED) is 0.743. The van der Waals surface area contributed by atoms with Gasteiger partial charge in [0.1, 0.15) is 5.75 Å². The second kappa shape index (κ2) is 4.28. The van der Waals surface area contributed by atoms with E-state index in [0.717, 1.165) is 24.0 Å². The van der Waals surface area contributed by atoms with Gasteiger partial charge in [-0.2, -0.15) is 0 Å². The maximum Gasteiger partial charge on any atom is 0.121 e. The van der Waals surface area contributed by atoms with Crippen molar-refractivity contribution in [1.82, 2.24) is 0 Å². The molecule has 0 bridgehead atoms. The van der Waals surface area contributed by atoms with E-state index in [1.54, 1.807) is 0 Å². The Morgan fingerprint density at radius 1 is 1.38 bits per heavy atom. The number of benzene rings is 1. The summed E-state index contributed by atoms with van der Waals surface area (Å²) in [6.07, 6.45) is 1.60. The lowest BCUT2D eigenvalue weighted by Gasteiger charge is -2.10. The third-order valence-corrected chi connectivity index (χ3v) is 2.13. The fraction of sp³-hybridized carbons (Fsp3) is 0.455. The molecule has 2 nitrogen and oxygen atoms in total. The molecule has 0 saturated carbocycles. The third-order valence-electron chi connectivity index (χ3n) is 2.13. The van der Waals surface area contributed by atoms with Gasteiger partial charge in [-0.05, 0) is 30.9 Å². The summed E-state index contributed by atoms with van der Waals surface area (Å²) in [5, 5.41) is 9.78. The van der Waals surface area contributed by atoms with Crippen molar-refractivity contribution in [2.45, 2.75) is 32.7 Å². The van der Waals surface area contributed by atoms with E-state index in [9.17, 15) is 5.11 Å². The SMILES string of the molecule is CCc1cccc(C[C@@H](C)N)c1O. The average molecular weight is 179 g/mol. The first-order valence-corrected chi connectivity index (χ1v) is 4.70. The molecule has 0 radical (unpaired) electrons. The van der Waals surface area contributed by atoms with Gasteiger partial charge < -0.3 is 10.8 Å². The molecule has 0 spiro atoms. The van der Waals surface area contributed by atoms with Crippen LogP contribution in [0.25, 0.3) is 0 Å². The molecule has 0 unspecified atom stereocenters. The molecule has 0 heterocycles. The van der Waals surface area contributed by atoms with E-state index in [-0.39, 0.29) is 6.04 Å². The van der Waals surface area contributed by atoms with E-state index >= 15 is 0 Å². The summed E-state index contributed by atoms with van der Waals surface area (Å²) in [5.74, 6) is 0.419. The number of phenols is 1. The highest BCUT2D eigenvalue weighted by Crippen LogP contribution is 2.23. The van der Waals surface area contributed by atoms with Crippen LogP contribution in [0.3, 0.4) is 0 Å². The molecule has 0 aliphatic carbocycles. The van der Waals surface area contributed by atoms with Crippen LogP contribution in [0.4, 0.5) is 0 Å². The highest BCUT2D eigenvalue weighted by atomic mass is 16.3. The first kappa shape index (κ1) is 10.1. The molecule has 0 aliphatic heterocycles. The maximum atomic E-state index is 9.78. The molecule has 0 fully saturated rings. The van der Waals surface area contributed by atoms with Crippen LogP contribution in [0, 0.1) is 0 Å². The molecule has 1 aromatic rings. The molecule has 0 aromatic heterocycles. The lowest BCUT2D eigenvalue weighted by molar-refractivity contribution is 0.459. The lowest BCUT2D eigenvalue weighted by Crippen LogP contribution is -2.17. The Labute approximate surface area is 79.4 Å². The fourth-order valence-corrected chi connectivity index (χ4v) is 1.44. The van der Waals surface area contributed by atoms with Crippen molar-refractivity contribution < 1.29 is 5.11 Å². The largest absolute Gasteiger partial charge is 0.507 e. The summed E-state index contributed by atoms with van der Waals surface area (Å²) in [4.78, 5) is 0. The van der Waals surface area contributed by atoms with Crippen molar-refractivity contribution in [1.29, 1.82) is 0 Å². The Morgan fingerprint density at radius 2 is 2.00 bits per heavy atom. The number of hydrogen-bond acceptors (Lipinski definition) is 2. The van der Waals surface area contributed by atoms with E-state index in [0.29, 0.717) is 5.75 Å². The van der Waals surface area contributed by atoms with Crippen LogP contribution < -0.4 is 5.73 Å². The average Bonchev–Trinajstić information content (AvgIpc) is 2.08. The first-order chi connectivity index (χ1) is 6.15. The Balaban J connectivity index is 2.94. The second-order valence-electron chi connectivity index (χ2n) is 3.46. The van der Waals surface area contributed by atoms with Crippen LogP contribution in [-0.2, 0) is 12.8 Å². The van der Waals surface area contributed by atoms with Crippen LogP contribution in [-0.4, -0.2) is 11.1 Å². The van der Waals surface area contributed by atoms with E-state index in [2.05, 4.69) is 0 Å². The summed E-state index contributed by atoms with van der Waals surface area (Å²) < 4.78 is 0. The predicted octanol–water partition coefficient (Wildman–Crippen LogP) is 1.84. The Bertz CT molecular complexity index is 281. The third kappa shape index (κ3) is 2.46. The Hall–Kier alpha value is -1.02. The summed E-state index contributed by atoms with van der Waals surface area (Å²) in [7, 11) is 0. The maximum absolute atomic E-state index is 9.78.